The summed E-state index contributed by atoms with van der Waals surface area (Å²) < 4.78 is 53.5. The van der Waals surface area contributed by atoms with Crippen LogP contribution in [0.1, 0.15) is 19.8 Å². The van der Waals surface area contributed by atoms with E-state index in [1.54, 1.807) is 11.8 Å². The Hall–Kier alpha value is -0.860. The van der Waals surface area contributed by atoms with Gasteiger partial charge in [-0.3, -0.25) is 0 Å². The molecule has 0 bridgehead atoms. The van der Waals surface area contributed by atoms with E-state index >= 15 is 0 Å². The predicted molar refractivity (Wildman–Crippen MR) is 76.1 cm³/mol. The van der Waals surface area contributed by atoms with Gasteiger partial charge in [0.15, 0.2) is 4.90 Å². The first-order valence-corrected chi connectivity index (χ1v) is 8.59. The molecule has 0 saturated carbocycles. The third-order valence-corrected chi connectivity index (χ3v) is 6.22. The first-order valence-electron chi connectivity index (χ1n) is 6.12. The molecule has 2 rings (SSSR count). The van der Waals surface area contributed by atoms with Crippen LogP contribution in [0.5, 0.6) is 0 Å². The summed E-state index contributed by atoms with van der Waals surface area (Å²) in [5.41, 5.74) is 5.11. The number of hydrogen-bond acceptors (Lipinski definition) is 4. The number of thioether (sulfide) groups is 1. The number of sulfonamides is 1. The maximum atomic E-state index is 13.7. The fourth-order valence-electron chi connectivity index (χ4n) is 2.13. The number of hydrogen-bond donors (Lipinski definition) is 2. The summed E-state index contributed by atoms with van der Waals surface area (Å²) in [6.45, 7) is 2.08. The van der Waals surface area contributed by atoms with Gasteiger partial charge in [0.25, 0.3) is 0 Å². The average Bonchev–Trinajstić information content (AvgIpc) is 2.73. The van der Waals surface area contributed by atoms with Gasteiger partial charge in [0.1, 0.15) is 11.6 Å². The number of anilines is 1. The van der Waals surface area contributed by atoms with E-state index in [2.05, 4.69) is 4.72 Å². The van der Waals surface area contributed by atoms with Crippen LogP contribution in [0.4, 0.5) is 14.5 Å². The highest BCUT2D eigenvalue weighted by Gasteiger charge is 2.32. The monoisotopic (exact) mass is 322 g/mol. The Bertz CT molecular complexity index is 591. The van der Waals surface area contributed by atoms with Crippen molar-refractivity contribution in [2.75, 3.05) is 18.0 Å². The van der Waals surface area contributed by atoms with Gasteiger partial charge in [-0.1, -0.05) is 0 Å². The van der Waals surface area contributed by atoms with Gasteiger partial charge in [-0.2, -0.15) is 11.8 Å². The van der Waals surface area contributed by atoms with Gasteiger partial charge in [-0.25, -0.2) is 21.9 Å². The second kappa shape index (κ2) is 5.50. The van der Waals surface area contributed by atoms with Crippen LogP contribution in [0, 0.1) is 11.6 Å². The first kappa shape index (κ1) is 15.5. The zero-order chi connectivity index (χ0) is 15.0. The van der Waals surface area contributed by atoms with E-state index in [0.29, 0.717) is 0 Å². The van der Waals surface area contributed by atoms with E-state index in [1.807, 2.05) is 6.92 Å². The lowest BCUT2D eigenvalue weighted by molar-refractivity contribution is 0.508. The molecule has 112 valence electrons. The molecule has 20 heavy (non-hydrogen) atoms. The molecule has 1 aromatic rings. The van der Waals surface area contributed by atoms with Crippen LogP contribution >= 0.6 is 11.8 Å². The molecule has 0 radical (unpaired) electrons. The van der Waals surface area contributed by atoms with Crippen LogP contribution < -0.4 is 10.5 Å². The van der Waals surface area contributed by atoms with Crippen LogP contribution in [-0.2, 0) is 10.0 Å². The zero-order valence-electron chi connectivity index (χ0n) is 10.9. The van der Waals surface area contributed by atoms with Crippen molar-refractivity contribution in [1.29, 1.82) is 0 Å². The molecule has 3 N–H and O–H groups in total. The summed E-state index contributed by atoms with van der Waals surface area (Å²) in [6, 6.07) is 1.59. The number of rotatable bonds is 4. The molecule has 1 heterocycles. The van der Waals surface area contributed by atoms with Gasteiger partial charge >= 0.3 is 0 Å². The second-order valence-corrected chi connectivity index (χ2v) is 8.43. The van der Waals surface area contributed by atoms with Gasteiger partial charge in [0.2, 0.25) is 10.0 Å². The molecule has 0 amide bonds. The third-order valence-electron chi connectivity index (χ3n) is 3.23. The molecular weight excluding hydrogens is 306 g/mol. The maximum absolute atomic E-state index is 13.7. The highest BCUT2D eigenvalue weighted by molar-refractivity contribution is 8.01. The Morgan fingerprint density at radius 3 is 2.50 bits per heavy atom. The molecule has 1 atom stereocenters. The molecule has 4 nitrogen and oxygen atoms in total. The highest BCUT2D eigenvalue weighted by atomic mass is 32.2. The molecule has 8 heteroatoms. The first-order chi connectivity index (χ1) is 9.23. The molecule has 0 spiro atoms. The molecule has 1 aliphatic heterocycles. The Kier molecular flexibility index (Phi) is 4.27. The number of nitrogen functional groups attached to an aromatic ring is 1. The van der Waals surface area contributed by atoms with E-state index in [-0.39, 0.29) is 17.0 Å². The number of nitrogens with two attached hydrogens (primary N) is 1. The minimum absolute atomic E-state index is 0.142. The van der Waals surface area contributed by atoms with E-state index in [4.69, 9.17) is 5.73 Å². The third kappa shape index (κ3) is 3.24. The van der Waals surface area contributed by atoms with Crippen LogP contribution in [0.3, 0.4) is 0 Å². The van der Waals surface area contributed by atoms with E-state index in [9.17, 15) is 17.2 Å². The number of nitrogens with one attached hydrogen (secondary N) is 1. The second-order valence-electron chi connectivity index (χ2n) is 5.04. The number of halogens is 2. The van der Waals surface area contributed by atoms with Crippen LogP contribution in [0.15, 0.2) is 17.0 Å². The van der Waals surface area contributed by atoms with E-state index in [1.165, 1.54) is 0 Å². The Morgan fingerprint density at radius 1 is 1.40 bits per heavy atom. The zero-order valence-corrected chi connectivity index (χ0v) is 12.6. The minimum Gasteiger partial charge on any atom is -0.399 e. The summed E-state index contributed by atoms with van der Waals surface area (Å²) in [4.78, 5) is -0.974. The number of benzene rings is 1. The Morgan fingerprint density at radius 2 is 2.00 bits per heavy atom. The fraction of sp³-hybridized carbons (Fsp3) is 0.500. The summed E-state index contributed by atoms with van der Waals surface area (Å²) >= 11 is 1.66. The van der Waals surface area contributed by atoms with Crippen molar-refractivity contribution in [1.82, 2.24) is 4.72 Å². The predicted octanol–water partition coefficient (Wildman–Crippen LogP) is 2.11. The van der Waals surface area contributed by atoms with Crippen molar-refractivity contribution in [3.05, 3.63) is 23.8 Å². The Labute approximate surface area is 121 Å². The van der Waals surface area contributed by atoms with Crippen molar-refractivity contribution in [2.45, 2.75) is 29.4 Å². The van der Waals surface area contributed by atoms with Crippen LogP contribution in [0.25, 0.3) is 0 Å². The van der Waals surface area contributed by atoms with Crippen molar-refractivity contribution < 1.29 is 17.2 Å². The average molecular weight is 322 g/mol. The van der Waals surface area contributed by atoms with Crippen LogP contribution in [-0.4, -0.2) is 25.5 Å². The van der Waals surface area contributed by atoms with Gasteiger partial charge in [-0.15, -0.1) is 0 Å². The summed E-state index contributed by atoms with van der Waals surface area (Å²) in [5.74, 6) is -1.40. The summed E-state index contributed by atoms with van der Waals surface area (Å²) in [7, 11) is -4.23. The summed E-state index contributed by atoms with van der Waals surface area (Å²) in [5, 5.41) is 0. The van der Waals surface area contributed by atoms with Crippen LogP contribution in [0.2, 0.25) is 0 Å². The molecule has 0 aromatic heterocycles. The lowest BCUT2D eigenvalue weighted by Crippen LogP contribution is -2.37. The van der Waals surface area contributed by atoms with Crippen molar-refractivity contribution in [3.8, 4) is 0 Å². The molecule has 1 aromatic carbocycles. The van der Waals surface area contributed by atoms with Gasteiger partial charge < -0.3 is 5.73 Å². The Balaban J connectivity index is 2.23. The highest BCUT2D eigenvalue weighted by Crippen LogP contribution is 2.37. The molecule has 0 aliphatic carbocycles. The molecule has 1 aliphatic rings. The SMILES string of the molecule is CC1(CNS(=O)(=O)c2c(F)cc(N)cc2F)CCCS1. The lowest BCUT2D eigenvalue weighted by atomic mass is 10.1. The van der Waals surface area contributed by atoms with E-state index in [0.717, 1.165) is 30.7 Å². The summed E-state index contributed by atoms with van der Waals surface area (Å²) in [6.07, 6.45) is 1.88. The van der Waals surface area contributed by atoms with E-state index < -0.39 is 26.6 Å². The normalized spacial score (nSPS) is 23.1. The molecule has 1 unspecified atom stereocenters. The molecular formula is C12H16F2N2O2S2. The maximum Gasteiger partial charge on any atom is 0.246 e. The molecule has 1 fully saturated rings. The smallest absolute Gasteiger partial charge is 0.246 e. The molecule has 1 saturated heterocycles. The van der Waals surface area contributed by atoms with Gasteiger partial charge in [-0.05, 0) is 37.7 Å². The van der Waals surface area contributed by atoms with Crippen molar-refractivity contribution in [3.63, 3.8) is 0 Å². The standard InChI is InChI=1S/C12H16F2N2O2S2/c1-12(3-2-4-19-12)7-16-20(17,18)11-9(13)5-8(15)6-10(11)14/h5-6,16H,2-4,7,15H2,1H3. The van der Waals surface area contributed by atoms with Gasteiger partial charge in [0, 0.05) is 17.0 Å². The largest absolute Gasteiger partial charge is 0.399 e. The van der Waals surface area contributed by atoms with Crippen molar-refractivity contribution >= 4 is 27.5 Å². The van der Waals surface area contributed by atoms with Crippen molar-refractivity contribution in [2.24, 2.45) is 0 Å². The minimum atomic E-state index is -4.23. The van der Waals surface area contributed by atoms with Gasteiger partial charge in [0.05, 0.1) is 0 Å². The fourth-order valence-corrected chi connectivity index (χ4v) is 4.75. The topological polar surface area (TPSA) is 72.2 Å². The lowest BCUT2D eigenvalue weighted by Gasteiger charge is -2.23. The quantitative estimate of drug-likeness (QED) is 0.833.